The van der Waals surface area contributed by atoms with Gasteiger partial charge in [-0.25, -0.2) is 0 Å². The quantitative estimate of drug-likeness (QED) is 0.512. The maximum Gasteiger partial charge on any atom is 0.122 e. The summed E-state index contributed by atoms with van der Waals surface area (Å²) < 4.78 is 5.49. The van der Waals surface area contributed by atoms with Crippen LogP contribution in [0.25, 0.3) is 0 Å². The lowest BCUT2D eigenvalue weighted by molar-refractivity contribution is 0.234. The first-order valence-electron chi connectivity index (χ1n) is 4.08. The highest BCUT2D eigenvalue weighted by molar-refractivity contribution is 5.36. The zero-order valence-electron chi connectivity index (χ0n) is 6.71. The van der Waals surface area contributed by atoms with E-state index in [-0.39, 0.29) is 0 Å². The van der Waals surface area contributed by atoms with Crippen LogP contribution in [0.1, 0.15) is 13.3 Å². The first kappa shape index (κ1) is 6.71. The molecule has 0 saturated carbocycles. The maximum atomic E-state index is 5.49. The van der Waals surface area contributed by atoms with Crippen molar-refractivity contribution >= 4 is 0 Å². The molecule has 1 nitrogen and oxygen atoms in total. The SMILES string of the molecule is CC1COC2=C1C=CCC=C2. The second-order valence-electron chi connectivity index (χ2n) is 3.07. The molecule has 1 unspecified atom stereocenters. The first-order valence-corrected chi connectivity index (χ1v) is 4.08. The number of hydrogen-bond acceptors (Lipinski definition) is 1. The third-order valence-electron chi connectivity index (χ3n) is 2.14. The summed E-state index contributed by atoms with van der Waals surface area (Å²) in [5.41, 5.74) is 1.36. The van der Waals surface area contributed by atoms with Gasteiger partial charge in [0.2, 0.25) is 0 Å². The van der Waals surface area contributed by atoms with E-state index in [1.807, 2.05) is 0 Å². The Labute approximate surface area is 67.1 Å². The largest absolute Gasteiger partial charge is 0.493 e. The molecule has 58 valence electrons. The first-order chi connectivity index (χ1) is 5.38. The van der Waals surface area contributed by atoms with Gasteiger partial charge in [-0.3, -0.25) is 0 Å². The predicted molar refractivity (Wildman–Crippen MR) is 45.0 cm³/mol. The molecule has 0 aromatic rings. The molecule has 1 heterocycles. The Balaban J connectivity index is 2.36. The van der Waals surface area contributed by atoms with E-state index in [1.54, 1.807) is 0 Å². The van der Waals surface area contributed by atoms with E-state index in [0.717, 1.165) is 18.8 Å². The highest BCUT2D eigenvalue weighted by atomic mass is 16.5. The smallest absolute Gasteiger partial charge is 0.122 e. The van der Waals surface area contributed by atoms with Gasteiger partial charge in [-0.15, -0.1) is 0 Å². The van der Waals surface area contributed by atoms with E-state index in [9.17, 15) is 0 Å². The molecule has 0 N–H and O–H groups in total. The Kier molecular flexibility index (Phi) is 1.57. The summed E-state index contributed by atoms with van der Waals surface area (Å²) in [5, 5.41) is 0. The van der Waals surface area contributed by atoms with Gasteiger partial charge in [-0.05, 0) is 18.1 Å². The van der Waals surface area contributed by atoms with E-state index in [0.29, 0.717) is 5.92 Å². The van der Waals surface area contributed by atoms with E-state index in [4.69, 9.17) is 4.74 Å². The van der Waals surface area contributed by atoms with Crippen molar-refractivity contribution in [2.45, 2.75) is 13.3 Å². The summed E-state index contributed by atoms with van der Waals surface area (Å²) in [6, 6.07) is 0. The van der Waals surface area contributed by atoms with Gasteiger partial charge in [-0.2, -0.15) is 0 Å². The Morgan fingerprint density at radius 2 is 2.18 bits per heavy atom. The van der Waals surface area contributed by atoms with Gasteiger partial charge < -0.3 is 4.74 Å². The maximum absolute atomic E-state index is 5.49. The lowest BCUT2D eigenvalue weighted by Crippen LogP contribution is -1.95. The van der Waals surface area contributed by atoms with Crippen molar-refractivity contribution in [3.05, 3.63) is 35.6 Å². The number of hydrogen-bond donors (Lipinski definition) is 0. The third kappa shape index (κ3) is 1.11. The van der Waals surface area contributed by atoms with Crippen LogP contribution in [-0.2, 0) is 4.74 Å². The Hall–Kier alpha value is -0.980. The molecule has 0 saturated heterocycles. The zero-order valence-corrected chi connectivity index (χ0v) is 6.71. The fraction of sp³-hybridized carbons (Fsp3) is 0.400. The summed E-state index contributed by atoms with van der Waals surface area (Å²) in [7, 11) is 0. The van der Waals surface area contributed by atoms with Gasteiger partial charge in [0.05, 0.1) is 6.61 Å². The number of rotatable bonds is 0. The summed E-state index contributed by atoms with van der Waals surface area (Å²) in [6.45, 7) is 3.05. The molecule has 0 spiro atoms. The van der Waals surface area contributed by atoms with Gasteiger partial charge in [0.25, 0.3) is 0 Å². The lowest BCUT2D eigenvalue weighted by Gasteiger charge is -1.98. The standard InChI is InChI=1S/C10H12O/c1-8-7-11-10-6-4-2-3-5-9(8)10/h3-6,8H,2,7H2,1H3. The van der Waals surface area contributed by atoms with Crippen LogP contribution in [0.15, 0.2) is 35.6 Å². The molecule has 11 heavy (non-hydrogen) atoms. The monoisotopic (exact) mass is 148 g/mol. The molecule has 0 bridgehead atoms. The van der Waals surface area contributed by atoms with Crippen LogP contribution in [0, 0.1) is 5.92 Å². The summed E-state index contributed by atoms with van der Waals surface area (Å²) in [4.78, 5) is 0. The van der Waals surface area contributed by atoms with Crippen LogP contribution in [0.4, 0.5) is 0 Å². The van der Waals surface area contributed by atoms with Crippen molar-refractivity contribution < 1.29 is 4.74 Å². The number of allylic oxidation sites excluding steroid dienone is 4. The van der Waals surface area contributed by atoms with Gasteiger partial charge >= 0.3 is 0 Å². The van der Waals surface area contributed by atoms with E-state index < -0.39 is 0 Å². The van der Waals surface area contributed by atoms with Gasteiger partial charge in [0.15, 0.2) is 0 Å². The minimum absolute atomic E-state index is 0.573. The number of ether oxygens (including phenoxy) is 1. The Bertz CT molecular complexity index is 246. The Morgan fingerprint density at radius 3 is 3.09 bits per heavy atom. The third-order valence-corrected chi connectivity index (χ3v) is 2.14. The molecule has 1 heteroatoms. The van der Waals surface area contributed by atoms with Gasteiger partial charge in [-0.1, -0.05) is 25.2 Å². The average Bonchev–Trinajstić information content (AvgIpc) is 2.25. The van der Waals surface area contributed by atoms with Gasteiger partial charge in [0.1, 0.15) is 5.76 Å². The molecule has 0 amide bonds. The van der Waals surface area contributed by atoms with Crippen LogP contribution >= 0.6 is 0 Å². The molecule has 0 radical (unpaired) electrons. The van der Waals surface area contributed by atoms with Crippen LogP contribution in [0.3, 0.4) is 0 Å². The lowest BCUT2D eigenvalue weighted by atomic mass is 10.0. The van der Waals surface area contributed by atoms with Crippen LogP contribution in [0.2, 0.25) is 0 Å². The van der Waals surface area contributed by atoms with E-state index in [1.165, 1.54) is 5.57 Å². The molecule has 2 rings (SSSR count). The molecule has 0 aromatic carbocycles. The highest BCUT2D eigenvalue weighted by Gasteiger charge is 2.19. The molecule has 0 aromatic heterocycles. The van der Waals surface area contributed by atoms with Crippen molar-refractivity contribution in [2.75, 3.05) is 6.61 Å². The molecule has 1 aliphatic carbocycles. The van der Waals surface area contributed by atoms with Crippen LogP contribution in [0.5, 0.6) is 0 Å². The van der Waals surface area contributed by atoms with Crippen molar-refractivity contribution in [1.29, 1.82) is 0 Å². The highest BCUT2D eigenvalue weighted by Crippen LogP contribution is 2.28. The second kappa shape index (κ2) is 2.57. The van der Waals surface area contributed by atoms with Crippen molar-refractivity contribution in [2.24, 2.45) is 5.92 Å². The fourth-order valence-electron chi connectivity index (χ4n) is 1.47. The minimum atomic E-state index is 0.573. The van der Waals surface area contributed by atoms with E-state index in [2.05, 4.69) is 31.2 Å². The van der Waals surface area contributed by atoms with E-state index >= 15 is 0 Å². The molecular formula is C10H12O. The fourth-order valence-corrected chi connectivity index (χ4v) is 1.47. The molecule has 2 aliphatic rings. The minimum Gasteiger partial charge on any atom is -0.493 e. The average molecular weight is 148 g/mol. The van der Waals surface area contributed by atoms with Gasteiger partial charge in [0, 0.05) is 5.92 Å². The molecular weight excluding hydrogens is 136 g/mol. The molecule has 1 aliphatic heterocycles. The van der Waals surface area contributed by atoms with Crippen LogP contribution < -0.4 is 0 Å². The molecule has 1 atom stereocenters. The predicted octanol–water partition coefficient (Wildman–Crippen LogP) is 2.42. The summed E-state index contributed by atoms with van der Waals surface area (Å²) in [6.07, 6.45) is 9.62. The topological polar surface area (TPSA) is 9.23 Å². The van der Waals surface area contributed by atoms with Crippen LogP contribution in [-0.4, -0.2) is 6.61 Å². The Morgan fingerprint density at radius 1 is 1.36 bits per heavy atom. The van der Waals surface area contributed by atoms with Crippen molar-refractivity contribution in [1.82, 2.24) is 0 Å². The zero-order chi connectivity index (χ0) is 7.68. The second-order valence-corrected chi connectivity index (χ2v) is 3.07. The molecule has 0 fully saturated rings. The van der Waals surface area contributed by atoms with Crippen molar-refractivity contribution in [3.63, 3.8) is 0 Å². The normalized spacial score (nSPS) is 28.3. The summed E-state index contributed by atoms with van der Waals surface area (Å²) in [5.74, 6) is 1.65. The van der Waals surface area contributed by atoms with Crippen molar-refractivity contribution in [3.8, 4) is 0 Å². The summed E-state index contributed by atoms with van der Waals surface area (Å²) >= 11 is 0.